The quantitative estimate of drug-likeness (QED) is 0.489. The van der Waals surface area contributed by atoms with Crippen molar-refractivity contribution in [2.75, 3.05) is 14.2 Å². The molecule has 0 aromatic heterocycles. The van der Waals surface area contributed by atoms with E-state index in [1.54, 1.807) is 14.0 Å². The molecule has 3 atom stereocenters. The Hall–Kier alpha value is -1.36. The van der Waals surface area contributed by atoms with E-state index in [4.69, 9.17) is 4.74 Å². The molecule has 0 bridgehead atoms. The highest BCUT2D eigenvalue weighted by molar-refractivity contribution is 5.87. The summed E-state index contributed by atoms with van der Waals surface area (Å²) in [5.74, 6) is -0.289. The van der Waals surface area contributed by atoms with E-state index in [0.717, 1.165) is 12.8 Å². The summed E-state index contributed by atoms with van der Waals surface area (Å²) in [5, 5.41) is 5.56. The zero-order valence-corrected chi connectivity index (χ0v) is 12.4. The summed E-state index contributed by atoms with van der Waals surface area (Å²) in [5.41, 5.74) is 0. The molecule has 0 heterocycles. The molecule has 5 nitrogen and oxygen atoms in total. The van der Waals surface area contributed by atoms with Crippen molar-refractivity contribution in [2.24, 2.45) is 5.92 Å². The van der Waals surface area contributed by atoms with Gasteiger partial charge in [0.05, 0.1) is 13.2 Å². The van der Waals surface area contributed by atoms with Crippen LogP contribution >= 0.6 is 0 Å². The third-order valence-corrected chi connectivity index (χ3v) is 3.13. The van der Waals surface area contributed by atoms with Crippen LogP contribution in [0.1, 0.15) is 33.1 Å². The highest BCUT2D eigenvalue weighted by Gasteiger charge is 2.25. The molecule has 0 spiro atoms. The summed E-state index contributed by atoms with van der Waals surface area (Å²) in [4.78, 5) is 23.5. The summed E-state index contributed by atoms with van der Waals surface area (Å²) in [6.45, 7) is 7.47. The third kappa shape index (κ3) is 6.96. The normalized spacial score (nSPS) is 15.2. The molecule has 0 saturated carbocycles. The first-order valence-electron chi connectivity index (χ1n) is 6.62. The van der Waals surface area contributed by atoms with E-state index in [2.05, 4.69) is 17.2 Å². The van der Waals surface area contributed by atoms with Crippen LogP contribution in [0.15, 0.2) is 12.7 Å². The lowest BCUT2D eigenvalue weighted by Crippen LogP contribution is -2.49. The number of carbonyl (C=O) groups is 2. The number of ether oxygens (including phenoxy) is 1. The molecule has 0 aliphatic heterocycles. The van der Waals surface area contributed by atoms with Crippen LogP contribution < -0.4 is 10.6 Å². The Balaban J connectivity index is 4.50. The molecule has 110 valence electrons. The first-order chi connectivity index (χ1) is 8.96. The molecular formula is C14H26N2O3. The molecule has 0 radical (unpaired) electrons. The van der Waals surface area contributed by atoms with E-state index in [9.17, 15) is 9.59 Å². The minimum absolute atomic E-state index is 0.200. The predicted octanol–water partition coefficient (Wildman–Crippen LogP) is 1.24. The van der Waals surface area contributed by atoms with Gasteiger partial charge in [0.15, 0.2) is 0 Å². The van der Waals surface area contributed by atoms with Crippen molar-refractivity contribution in [2.45, 2.75) is 45.2 Å². The topological polar surface area (TPSA) is 67.4 Å². The van der Waals surface area contributed by atoms with Crippen molar-refractivity contribution >= 4 is 11.9 Å². The number of likely N-dealkylation sites (N-methyl/N-ethyl adjacent to an activating group) is 1. The summed E-state index contributed by atoms with van der Waals surface area (Å²) >= 11 is 0. The highest BCUT2D eigenvalue weighted by Crippen LogP contribution is 2.14. The fraction of sp³-hybridized carbons (Fsp3) is 0.714. The average Bonchev–Trinajstić information content (AvgIpc) is 2.42. The number of hydrogen-bond acceptors (Lipinski definition) is 4. The molecule has 2 N–H and O–H groups in total. The lowest BCUT2D eigenvalue weighted by atomic mass is 9.96. The van der Waals surface area contributed by atoms with Crippen LogP contribution in [0, 0.1) is 5.92 Å². The second-order valence-electron chi connectivity index (χ2n) is 4.80. The zero-order chi connectivity index (χ0) is 14.8. The van der Waals surface area contributed by atoms with Gasteiger partial charge in [-0.3, -0.25) is 4.79 Å². The highest BCUT2D eigenvalue weighted by atomic mass is 16.5. The maximum Gasteiger partial charge on any atom is 0.328 e. The van der Waals surface area contributed by atoms with Crippen LogP contribution in [0.2, 0.25) is 0 Å². The molecule has 0 fully saturated rings. The van der Waals surface area contributed by atoms with Crippen molar-refractivity contribution in [1.29, 1.82) is 0 Å². The van der Waals surface area contributed by atoms with E-state index in [0.29, 0.717) is 12.3 Å². The number of methoxy groups -OCH3 is 1. The summed E-state index contributed by atoms with van der Waals surface area (Å²) < 4.78 is 4.74. The van der Waals surface area contributed by atoms with Crippen LogP contribution in [0.5, 0.6) is 0 Å². The summed E-state index contributed by atoms with van der Waals surface area (Å²) in [7, 11) is 3.03. The van der Waals surface area contributed by atoms with Crippen molar-refractivity contribution in [3.05, 3.63) is 12.7 Å². The van der Waals surface area contributed by atoms with E-state index in [-0.39, 0.29) is 11.9 Å². The number of allylic oxidation sites excluding steroid dienone is 1. The molecule has 0 aliphatic carbocycles. The SMILES string of the molecule is C=CCCC(C)C[C@@H](NC(=O)[C@H](C)NC)C(=O)OC. The monoisotopic (exact) mass is 270 g/mol. The van der Waals surface area contributed by atoms with Gasteiger partial charge in [0.1, 0.15) is 6.04 Å². The Morgan fingerprint density at radius 1 is 1.37 bits per heavy atom. The number of hydrogen-bond donors (Lipinski definition) is 2. The number of carbonyl (C=O) groups excluding carboxylic acids is 2. The van der Waals surface area contributed by atoms with E-state index < -0.39 is 12.0 Å². The molecule has 1 amide bonds. The second kappa shape index (κ2) is 9.55. The Labute approximate surface area is 115 Å². The Morgan fingerprint density at radius 3 is 2.47 bits per heavy atom. The van der Waals surface area contributed by atoms with Gasteiger partial charge >= 0.3 is 5.97 Å². The van der Waals surface area contributed by atoms with Crippen molar-refractivity contribution in [3.8, 4) is 0 Å². The van der Waals surface area contributed by atoms with Gasteiger partial charge in [-0.25, -0.2) is 4.79 Å². The van der Waals surface area contributed by atoms with Gasteiger partial charge in [0, 0.05) is 0 Å². The van der Waals surface area contributed by atoms with E-state index in [1.807, 2.05) is 13.0 Å². The van der Waals surface area contributed by atoms with Gasteiger partial charge < -0.3 is 15.4 Å². The van der Waals surface area contributed by atoms with Crippen molar-refractivity contribution in [1.82, 2.24) is 10.6 Å². The fourth-order valence-electron chi connectivity index (χ4n) is 1.71. The molecule has 19 heavy (non-hydrogen) atoms. The van der Waals surface area contributed by atoms with Crippen molar-refractivity contribution in [3.63, 3.8) is 0 Å². The zero-order valence-electron chi connectivity index (χ0n) is 12.4. The van der Waals surface area contributed by atoms with Crippen molar-refractivity contribution < 1.29 is 14.3 Å². The van der Waals surface area contributed by atoms with Crippen LogP contribution in [0.3, 0.4) is 0 Å². The van der Waals surface area contributed by atoms with Gasteiger partial charge in [-0.2, -0.15) is 0 Å². The number of nitrogens with one attached hydrogen (secondary N) is 2. The van der Waals surface area contributed by atoms with Gasteiger partial charge in [-0.1, -0.05) is 13.0 Å². The molecule has 0 rings (SSSR count). The molecule has 1 unspecified atom stereocenters. The van der Waals surface area contributed by atoms with Gasteiger partial charge in [-0.15, -0.1) is 6.58 Å². The lowest BCUT2D eigenvalue weighted by molar-refractivity contribution is -0.145. The standard InChI is InChI=1S/C14H26N2O3/c1-6-7-8-10(2)9-12(14(18)19-5)16-13(17)11(3)15-4/h6,10-12,15H,1,7-9H2,2-5H3,(H,16,17)/t10?,11-,12+/m0/s1. The van der Waals surface area contributed by atoms with Gasteiger partial charge in [0.2, 0.25) is 5.91 Å². The largest absolute Gasteiger partial charge is 0.467 e. The van der Waals surface area contributed by atoms with Crippen LogP contribution in [-0.2, 0) is 14.3 Å². The number of esters is 1. The minimum atomic E-state index is -0.590. The molecule has 5 heteroatoms. The smallest absolute Gasteiger partial charge is 0.328 e. The van der Waals surface area contributed by atoms with Gasteiger partial charge in [-0.05, 0) is 39.2 Å². The summed E-state index contributed by atoms with van der Waals surface area (Å²) in [6, 6.07) is -0.927. The maximum absolute atomic E-state index is 11.8. The Kier molecular flexibility index (Phi) is 8.87. The third-order valence-electron chi connectivity index (χ3n) is 3.13. The molecule has 0 aromatic rings. The predicted molar refractivity (Wildman–Crippen MR) is 75.7 cm³/mol. The summed E-state index contributed by atoms with van der Waals surface area (Å²) in [6.07, 6.45) is 4.26. The minimum Gasteiger partial charge on any atom is -0.467 e. The molecule has 0 aromatic carbocycles. The lowest BCUT2D eigenvalue weighted by Gasteiger charge is -2.21. The molecular weight excluding hydrogens is 244 g/mol. The van der Waals surface area contributed by atoms with Crippen LogP contribution in [-0.4, -0.2) is 38.1 Å². The van der Waals surface area contributed by atoms with Gasteiger partial charge in [0.25, 0.3) is 0 Å². The first-order valence-corrected chi connectivity index (χ1v) is 6.62. The molecule has 0 saturated heterocycles. The number of rotatable bonds is 9. The van der Waals surface area contributed by atoms with E-state index in [1.165, 1.54) is 7.11 Å². The number of amides is 1. The average molecular weight is 270 g/mol. The molecule has 0 aliphatic rings. The Morgan fingerprint density at radius 2 is 2.00 bits per heavy atom. The Bertz CT molecular complexity index is 305. The second-order valence-corrected chi connectivity index (χ2v) is 4.80. The fourth-order valence-corrected chi connectivity index (χ4v) is 1.71. The van der Waals surface area contributed by atoms with Crippen LogP contribution in [0.25, 0.3) is 0 Å². The first kappa shape index (κ1) is 17.6. The van der Waals surface area contributed by atoms with Crippen LogP contribution in [0.4, 0.5) is 0 Å². The van der Waals surface area contributed by atoms with E-state index >= 15 is 0 Å². The maximum atomic E-state index is 11.8.